The SMILES string of the molecule is CCN(C)C(=O)N(CCN)CCOC. The fourth-order valence-electron chi connectivity index (χ4n) is 1.04. The van der Waals surface area contributed by atoms with Crippen LogP contribution in [-0.4, -0.2) is 62.8 Å². The summed E-state index contributed by atoms with van der Waals surface area (Å²) in [7, 11) is 3.40. The van der Waals surface area contributed by atoms with E-state index < -0.39 is 0 Å². The van der Waals surface area contributed by atoms with Gasteiger partial charge in [-0.3, -0.25) is 0 Å². The van der Waals surface area contributed by atoms with Gasteiger partial charge in [-0.15, -0.1) is 0 Å². The van der Waals surface area contributed by atoms with Crippen molar-refractivity contribution < 1.29 is 9.53 Å². The van der Waals surface area contributed by atoms with Crippen molar-refractivity contribution in [2.45, 2.75) is 6.92 Å². The number of carbonyl (C=O) groups is 1. The van der Waals surface area contributed by atoms with E-state index in [1.165, 1.54) is 0 Å². The highest BCUT2D eigenvalue weighted by molar-refractivity contribution is 5.74. The second kappa shape index (κ2) is 7.58. The zero-order valence-electron chi connectivity index (χ0n) is 9.32. The number of urea groups is 1. The molecule has 14 heavy (non-hydrogen) atoms. The molecule has 0 fully saturated rings. The molecule has 0 aliphatic rings. The molecule has 5 heteroatoms. The quantitative estimate of drug-likeness (QED) is 0.659. The summed E-state index contributed by atoms with van der Waals surface area (Å²) >= 11 is 0. The van der Waals surface area contributed by atoms with Crippen molar-refractivity contribution in [3.8, 4) is 0 Å². The van der Waals surface area contributed by atoms with Crippen LogP contribution in [0.25, 0.3) is 0 Å². The van der Waals surface area contributed by atoms with Gasteiger partial charge in [-0.2, -0.15) is 0 Å². The number of carbonyl (C=O) groups excluding carboxylic acids is 1. The predicted molar refractivity (Wildman–Crippen MR) is 56.2 cm³/mol. The molecule has 5 nitrogen and oxygen atoms in total. The zero-order valence-corrected chi connectivity index (χ0v) is 9.32. The van der Waals surface area contributed by atoms with Crippen LogP contribution in [0.1, 0.15) is 6.92 Å². The second-order valence-electron chi connectivity index (χ2n) is 3.07. The van der Waals surface area contributed by atoms with Crippen LogP contribution >= 0.6 is 0 Å². The van der Waals surface area contributed by atoms with Crippen molar-refractivity contribution in [3.63, 3.8) is 0 Å². The summed E-state index contributed by atoms with van der Waals surface area (Å²) in [4.78, 5) is 15.1. The van der Waals surface area contributed by atoms with Crippen molar-refractivity contribution in [2.24, 2.45) is 5.73 Å². The van der Waals surface area contributed by atoms with Crippen LogP contribution < -0.4 is 5.73 Å². The van der Waals surface area contributed by atoms with Crippen LogP contribution in [0.2, 0.25) is 0 Å². The number of hydrogen-bond acceptors (Lipinski definition) is 3. The zero-order chi connectivity index (χ0) is 11.0. The molecule has 0 saturated heterocycles. The Morgan fingerprint density at radius 1 is 1.43 bits per heavy atom. The topological polar surface area (TPSA) is 58.8 Å². The first-order valence-corrected chi connectivity index (χ1v) is 4.86. The van der Waals surface area contributed by atoms with Gasteiger partial charge in [-0.1, -0.05) is 0 Å². The Balaban J connectivity index is 4.10. The van der Waals surface area contributed by atoms with Gasteiger partial charge in [0.25, 0.3) is 0 Å². The Kier molecular flexibility index (Phi) is 7.14. The average Bonchev–Trinajstić information content (AvgIpc) is 2.22. The lowest BCUT2D eigenvalue weighted by Crippen LogP contribution is -2.44. The van der Waals surface area contributed by atoms with Crippen molar-refractivity contribution in [1.82, 2.24) is 9.80 Å². The smallest absolute Gasteiger partial charge is 0.319 e. The molecule has 0 aliphatic heterocycles. The largest absolute Gasteiger partial charge is 0.383 e. The number of rotatable bonds is 6. The third-order valence-corrected chi connectivity index (χ3v) is 2.04. The maximum absolute atomic E-state index is 11.7. The Morgan fingerprint density at radius 3 is 2.50 bits per heavy atom. The maximum atomic E-state index is 11.7. The first kappa shape index (κ1) is 13.2. The van der Waals surface area contributed by atoms with Gasteiger partial charge >= 0.3 is 6.03 Å². The normalized spacial score (nSPS) is 10.0. The Hall–Kier alpha value is -0.810. The molecular formula is C9H21N3O2. The lowest BCUT2D eigenvalue weighted by molar-refractivity contribution is 0.133. The van der Waals surface area contributed by atoms with Crippen molar-refractivity contribution in [1.29, 1.82) is 0 Å². The van der Waals surface area contributed by atoms with E-state index in [-0.39, 0.29) is 6.03 Å². The lowest BCUT2D eigenvalue weighted by Gasteiger charge is -2.26. The molecular weight excluding hydrogens is 182 g/mol. The molecule has 0 saturated carbocycles. The average molecular weight is 203 g/mol. The van der Waals surface area contributed by atoms with Crippen LogP contribution in [0, 0.1) is 0 Å². The number of ether oxygens (including phenoxy) is 1. The van der Waals surface area contributed by atoms with E-state index in [9.17, 15) is 4.79 Å². The highest BCUT2D eigenvalue weighted by Gasteiger charge is 2.15. The van der Waals surface area contributed by atoms with Gasteiger partial charge < -0.3 is 20.3 Å². The molecule has 0 spiro atoms. The molecule has 0 rings (SSSR count). The van der Waals surface area contributed by atoms with E-state index in [0.717, 1.165) is 0 Å². The molecule has 0 bridgehead atoms. The lowest BCUT2D eigenvalue weighted by atomic mass is 10.4. The molecule has 0 radical (unpaired) electrons. The fraction of sp³-hybridized carbons (Fsp3) is 0.889. The summed E-state index contributed by atoms with van der Waals surface area (Å²) in [6.07, 6.45) is 0. The van der Waals surface area contributed by atoms with Crippen LogP contribution in [0.5, 0.6) is 0 Å². The van der Waals surface area contributed by atoms with E-state index >= 15 is 0 Å². The molecule has 0 atom stereocenters. The van der Waals surface area contributed by atoms with E-state index in [2.05, 4.69) is 0 Å². The Bertz CT molecular complexity index is 164. The minimum atomic E-state index is 0.00926. The van der Waals surface area contributed by atoms with Gasteiger partial charge in [-0.25, -0.2) is 4.79 Å². The standard InChI is InChI=1S/C9H21N3O2/c1-4-11(2)9(13)12(6-5-10)7-8-14-3/h4-8,10H2,1-3H3. The fourth-order valence-corrected chi connectivity index (χ4v) is 1.04. The van der Waals surface area contributed by atoms with Gasteiger partial charge in [0.15, 0.2) is 0 Å². The summed E-state index contributed by atoms with van der Waals surface area (Å²) in [5.74, 6) is 0. The summed E-state index contributed by atoms with van der Waals surface area (Å²) in [6.45, 7) is 4.83. The molecule has 0 aromatic heterocycles. The molecule has 0 unspecified atom stereocenters. The number of nitrogens with two attached hydrogens (primary N) is 1. The van der Waals surface area contributed by atoms with Crippen LogP contribution in [-0.2, 0) is 4.74 Å². The third kappa shape index (κ3) is 4.43. The van der Waals surface area contributed by atoms with Gasteiger partial charge in [0.2, 0.25) is 0 Å². The van der Waals surface area contributed by atoms with Crippen LogP contribution in [0.4, 0.5) is 4.79 Å². The van der Waals surface area contributed by atoms with E-state index in [1.807, 2.05) is 6.92 Å². The number of methoxy groups -OCH3 is 1. The van der Waals surface area contributed by atoms with Crippen LogP contribution in [0.15, 0.2) is 0 Å². The highest BCUT2D eigenvalue weighted by Crippen LogP contribution is 1.95. The van der Waals surface area contributed by atoms with Crippen molar-refractivity contribution >= 4 is 6.03 Å². The van der Waals surface area contributed by atoms with E-state index in [4.69, 9.17) is 10.5 Å². The second-order valence-corrected chi connectivity index (χ2v) is 3.07. The number of hydrogen-bond donors (Lipinski definition) is 1. The predicted octanol–water partition coefficient (Wildman–Crippen LogP) is -0.0348. The van der Waals surface area contributed by atoms with Gasteiger partial charge in [-0.05, 0) is 6.92 Å². The molecule has 84 valence electrons. The van der Waals surface area contributed by atoms with Crippen molar-refractivity contribution in [2.75, 3.05) is 46.9 Å². The van der Waals surface area contributed by atoms with E-state index in [0.29, 0.717) is 32.8 Å². The van der Waals surface area contributed by atoms with Gasteiger partial charge in [0.05, 0.1) is 6.61 Å². The third-order valence-electron chi connectivity index (χ3n) is 2.04. The monoisotopic (exact) mass is 203 g/mol. The highest BCUT2D eigenvalue weighted by atomic mass is 16.5. The minimum absolute atomic E-state index is 0.00926. The van der Waals surface area contributed by atoms with Crippen molar-refractivity contribution in [3.05, 3.63) is 0 Å². The summed E-state index contributed by atoms with van der Waals surface area (Å²) < 4.78 is 4.93. The number of nitrogens with zero attached hydrogens (tertiary/aromatic N) is 2. The summed E-state index contributed by atoms with van der Waals surface area (Å²) in [5.41, 5.74) is 5.43. The van der Waals surface area contributed by atoms with Gasteiger partial charge in [0.1, 0.15) is 0 Å². The summed E-state index contributed by atoms with van der Waals surface area (Å²) in [5, 5.41) is 0. The molecule has 0 heterocycles. The molecule has 2 amide bonds. The molecule has 0 aliphatic carbocycles. The first-order valence-electron chi connectivity index (χ1n) is 4.86. The Labute approximate surface area is 85.8 Å². The Morgan fingerprint density at radius 2 is 2.07 bits per heavy atom. The minimum Gasteiger partial charge on any atom is -0.383 e. The van der Waals surface area contributed by atoms with E-state index in [1.54, 1.807) is 24.0 Å². The molecule has 0 aromatic carbocycles. The van der Waals surface area contributed by atoms with Gasteiger partial charge in [0, 0.05) is 40.3 Å². The molecule has 0 aromatic rings. The first-order chi connectivity index (χ1) is 6.67. The maximum Gasteiger partial charge on any atom is 0.319 e. The number of amides is 2. The molecule has 2 N–H and O–H groups in total. The summed E-state index contributed by atoms with van der Waals surface area (Å²) in [6, 6.07) is 0.00926. The van der Waals surface area contributed by atoms with Crippen LogP contribution in [0.3, 0.4) is 0 Å².